The summed E-state index contributed by atoms with van der Waals surface area (Å²) in [5.74, 6) is 0.276. The molecule has 0 radical (unpaired) electrons. The number of methoxy groups -OCH3 is 2. The molecule has 0 spiro atoms. The summed E-state index contributed by atoms with van der Waals surface area (Å²) < 4.78 is 38.8. The first-order valence-corrected chi connectivity index (χ1v) is 7.67. The lowest BCUT2D eigenvalue weighted by Crippen LogP contribution is -2.13. The van der Waals surface area contributed by atoms with E-state index in [-0.39, 0.29) is 11.3 Å². The molecular formula is C19H16F2N2O4. The fourth-order valence-electron chi connectivity index (χ4n) is 2.17. The maximum atomic E-state index is 12.3. The highest BCUT2D eigenvalue weighted by Gasteiger charge is 2.12. The molecule has 0 fully saturated rings. The molecule has 6 nitrogen and oxygen atoms in total. The standard InChI is InChI=1S/C19H16F2N2O4/c1-25-16-8-5-14(10-17(16)26-2)23-18(24)13(11-22)9-12-3-6-15(7-4-12)27-19(20)21/h3-10,19H,1-2H3,(H,23,24). The monoisotopic (exact) mass is 374 g/mol. The van der Waals surface area contributed by atoms with Gasteiger partial charge in [-0.2, -0.15) is 14.0 Å². The van der Waals surface area contributed by atoms with Gasteiger partial charge in [-0.3, -0.25) is 4.79 Å². The molecule has 8 heteroatoms. The van der Waals surface area contributed by atoms with Gasteiger partial charge in [-0.15, -0.1) is 0 Å². The molecular weight excluding hydrogens is 358 g/mol. The number of carbonyl (C=O) groups is 1. The van der Waals surface area contributed by atoms with Crippen LogP contribution in [0.25, 0.3) is 6.08 Å². The molecule has 0 aromatic heterocycles. The minimum absolute atomic E-state index is 0.0181. The van der Waals surface area contributed by atoms with Crippen molar-refractivity contribution in [3.8, 4) is 23.3 Å². The van der Waals surface area contributed by atoms with E-state index < -0.39 is 12.5 Å². The van der Waals surface area contributed by atoms with Gasteiger partial charge in [-0.1, -0.05) is 12.1 Å². The molecule has 2 aromatic carbocycles. The van der Waals surface area contributed by atoms with E-state index in [0.29, 0.717) is 22.7 Å². The van der Waals surface area contributed by atoms with E-state index in [0.717, 1.165) is 0 Å². The van der Waals surface area contributed by atoms with Crippen LogP contribution >= 0.6 is 0 Å². The number of nitrogens with one attached hydrogen (secondary N) is 1. The largest absolute Gasteiger partial charge is 0.493 e. The number of halogens is 2. The number of rotatable bonds is 7. The zero-order valence-corrected chi connectivity index (χ0v) is 14.5. The van der Waals surface area contributed by atoms with E-state index in [1.165, 1.54) is 44.6 Å². The van der Waals surface area contributed by atoms with E-state index in [9.17, 15) is 18.8 Å². The molecule has 1 amide bonds. The van der Waals surface area contributed by atoms with Crippen molar-refractivity contribution in [2.45, 2.75) is 6.61 Å². The van der Waals surface area contributed by atoms with E-state index in [4.69, 9.17) is 9.47 Å². The highest BCUT2D eigenvalue weighted by molar-refractivity contribution is 6.09. The molecule has 1 N–H and O–H groups in total. The van der Waals surface area contributed by atoms with E-state index in [1.54, 1.807) is 18.2 Å². The number of benzene rings is 2. The van der Waals surface area contributed by atoms with Crippen molar-refractivity contribution in [1.29, 1.82) is 5.26 Å². The van der Waals surface area contributed by atoms with Crippen LogP contribution in [0.4, 0.5) is 14.5 Å². The molecule has 0 saturated heterocycles. The van der Waals surface area contributed by atoms with Crippen molar-refractivity contribution in [1.82, 2.24) is 0 Å². The quantitative estimate of drug-likeness (QED) is 0.588. The van der Waals surface area contributed by atoms with Crippen LogP contribution in [0.2, 0.25) is 0 Å². The van der Waals surface area contributed by atoms with Crippen LogP contribution in [0.5, 0.6) is 17.2 Å². The molecule has 27 heavy (non-hydrogen) atoms. The van der Waals surface area contributed by atoms with E-state index in [1.807, 2.05) is 6.07 Å². The Kier molecular flexibility index (Phi) is 6.72. The highest BCUT2D eigenvalue weighted by atomic mass is 19.3. The number of anilines is 1. The third kappa shape index (κ3) is 5.44. The SMILES string of the molecule is COc1ccc(NC(=O)C(C#N)=Cc2ccc(OC(F)F)cc2)cc1OC. The van der Waals surface area contributed by atoms with Crippen LogP contribution in [0, 0.1) is 11.3 Å². The molecule has 140 valence electrons. The van der Waals surface area contributed by atoms with Crippen LogP contribution in [-0.2, 0) is 4.79 Å². The fourth-order valence-corrected chi connectivity index (χ4v) is 2.17. The zero-order valence-electron chi connectivity index (χ0n) is 14.5. The summed E-state index contributed by atoms with van der Waals surface area (Å²) in [6.45, 7) is -2.92. The van der Waals surface area contributed by atoms with Gasteiger partial charge in [0.15, 0.2) is 11.5 Å². The number of hydrogen-bond donors (Lipinski definition) is 1. The number of carbonyl (C=O) groups excluding carboxylic acids is 1. The number of ether oxygens (including phenoxy) is 3. The molecule has 0 saturated carbocycles. The lowest BCUT2D eigenvalue weighted by atomic mass is 10.1. The van der Waals surface area contributed by atoms with Crippen LogP contribution < -0.4 is 19.5 Å². The zero-order chi connectivity index (χ0) is 19.8. The summed E-state index contributed by atoms with van der Waals surface area (Å²) in [5, 5.41) is 11.8. The van der Waals surface area contributed by atoms with Crippen LogP contribution in [0.1, 0.15) is 5.56 Å². The van der Waals surface area contributed by atoms with E-state index in [2.05, 4.69) is 10.1 Å². The van der Waals surface area contributed by atoms with Gasteiger partial charge in [0.05, 0.1) is 14.2 Å². The minimum atomic E-state index is -2.92. The molecule has 0 unspecified atom stereocenters. The Balaban J connectivity index is 2.16. The van der Waals surface area contributed by atoms with Gasteiger partial charge in [-0.25, -0.2) is 0 Å². The lowest BCUT2D eigenvalue weighted by molar-refractivity contribution is -0.112. The predicted molar refractivity (Wildman–Crippen MR) is 94.8 cm³/mol. The number of nitriles is 1. The van der Waals surface area contributed by atoms with Gasteiger partial charge in [0, 0.05) is 11.8 Å². The summed E-state index contributed by atoms with van der Waals surface area (Å²) in [5.41, 5.74) is 0.738. The Morgan fingerprint density at radius 2 is 1.78 bits per heavy atom. The Labute approximate surface area is 154 Å². The molecule has 0 atom stereocenters. The molecule has 0 aliphatic rings. The van der Waals surface area contributed by atoms with Crippen LogP contribution in [-0.4, -0.2) is 26.7 Å². The fraction of sp³-hybridized carbons (Fsp3) is 0.158. The summed E-state index contributed by atoms with van der Waals surface area (Å²) in [6.07, 6.45) is 1.34. The third-order valence-corrected chi connectivity index (χ3v) is 3.42. The molecule has 0 aliphatic carbocycles. The maximum absolute atomic E-state index is 12.3. The number of amides is 1. The summed E-state index contributed by atoms with van der Waals surface area (Å²) in [6, 6.07) is 12.1. The topological polar surface area (TPSA) is 80.6 Å². The second-order valence-corrected chi connectivity index (χ2v) is 5.14. The third-order valence-electron chi connectivity index (χ3n) is 3.42. The van der Waals surface area contributed by atoms with Gasteiger partial charge in [0.2, 0.25) is 0 Å². The summed E-state index contributed by atoms with van der Waals surface area (Å²) >= 11 is 0. The predicted octanol–water partition coefficient (Wildman–Crippen LogP) is 3.85. The van der Waals surface area contributed by atoms with Crippen molar-refractivity contribution >= 4 is 17.7 Å². The van der Waals surface area contributed by atoms with E-state index >= 15 is 0 Å². The highest BCUT2D eigenvalue weighted by Crippen LogP contribution is 2.30. The first-order chi connectivity index (χ1) is 13.0. The van der Waals surface area contributed by atoms with Crippen molar-refractivity contribution in [2.75, 3.05) is 19.5 Å². The van der Waals surface area contributed by atoms with Gasteiger partial charge >= 0.3 is 6.61 Å². The van der Waals surface area contributed by atoms with Crippen molar-refractivity contribution in [2.24, 2.45) is 0 Å². The average molecular weight is 374 g/mol. The van der Waals surface area contributed by atoms with Gasteiger partial charge < -0.3 is 19.5 Å². The Hall–Kier alpha value is -3.60. The second-order valence-electron chi connectivity index (χ2n) is 5.14. The van der Waals surface area contributed by atoms with Crippen LogP contribution in [0.3, 0.4) is 0 Å². The smallest absolute Gasteiger partial charge is 0.387 e. The normalized spacial score (nSPS) is 10.9. The van der Waals surface area contributed by atoms with Gasteiger partial charge in [-0.05, 0) is 35.9 Å². The molecule has 2 rings (SSSR count). The second kappa shape index (κ2) is 9.20. The van der Waals surface area contributed by atoms with Crippen molar-refractivity contribution in [3.05, 3.63) is 53.6 Å². The first kappa shape index (κ1) is 19.7. The van der Waals surface area contributed by atoms with Crippen LogP contribution in [0.15, 0.2) is 48.0 Å². The summed E-state index contributed by atoms with van der Waals surface area (Å²) in [4.78, 5) is 12.3. The van der Waals surface area contributed by atoms with Crippen molar-refractivity contribution in [3.63, 3.8) is 0 Å². The Morgan fingerprint density at radius 1 is 1.11 bits per heavy atom. The average Bonchev–Trinajstić information content (AvgIpc) is 2.66. The molecule has 0 bridgehead atoms. The molecule has 0 heterocycles. The Morgan fingerprint density at radius 3 is 2.33 bits per heavy atom. The number of alkyl halides is 2. The van der Waals surface area contributed by atoms with Gasteiger partial charge in [0.25, 0.3) is 5.91 Å². The minimum Gasteiger partial charge on any atom is -0.493 e. The number of nitrogens with zero attached hydrogens (tertiary/aromatic N) is 1. The van der Waals surface area contributed by atoms with Crippen molar-refractivity contribution < 1.29 is 27.8 Å². The Bertz CT molecular complexity index is 874. The lowest BCUT2D eigenvalue weighted by Gasteiger charge is -2.10. The summed E-state index contributed by atoms with van der Waals surface area (Å²) in [7, 11) is 2.95. The molecule has 0 aliphatic heterocycles. The van der Waals surface area contributed by atoms with Gasteiger partial charge in [0.1, 0.15) is 17.4 Å². The number of hydrogen-bond acceptors (Lipinski definition) is 5. The maximum Gasteiger partial charge on any atom is 0.387 e. The molecule has 2 aromatic rings. The first-order valence-electron chi connectivity index (χ1n) is 7.67.